The van der Waals surface area contributed by atoms with Crippen LogP contribution in [0.2, 0.25) is 0 Å². The molecule has 1 aromatic rings. The molecule has 0 radical (unpaired) electrons. The molecule has 0 aliphatic rings. The van der Waals surface area contributed by atoms with Crippen molar-refractivity contribution in [1.29, 1.82) is 0 Å². The van der Waals surface area contributed by atoms with Crippen LogP contribution >= 0.6 is 0 Å². The molecule has 1 rings (SSSR count). The van der Waals surface area contributed by atoms with Gasteiger partial charge in [0.2, 0.25) is 0 Å². The van der Waals surface area contributed by atoms with Crippen molar-refractivity contribution in [3.63, 3.8) is 0 Å². The summed E-state index contributed by atoms with van der Waals surface area (Å²) in [6.45, 7) is 3.32. The van der Waals surface area contributed by atoms with Gasteiger partial charge < -0.3 is 10.1 Å². The highest BCUT2D eigenvalue weighted by molar-refractivity contribution is 5.69. The minimum Gasteiger partial charge on any atom is -0.466 e. The third-order valence-electron chi connectivity index (χ3n) is 2.87. The lowest BCUT2D eigenvalue weighted by atomic mass is 10.2. The Kier molecular flexibility index (Phi) is 7.80. The minimum absolute atomic E-state index is 0.158. The summed E-state index contributed by atoms with van der Waals surface area (Å²) in [4.78, 5) is 11.1. The molecular weight excluding hydrogens is 264 g/mol. The monoisotopic (exact) mass is 285 g/mol. The van der Waals surface area contributed by atoms with Crippen molar-refractivity contribution in [3.05, 3.63) is 35.4 Å². The topological polar surface area (TPSA) is 38.3 Å². The number of carbonyl (C=O) groups is 1. The molecule has 112 valence electrons. The van der Waals surface area contributed by atoms with Crippen LogP contribution in [0.1, 0.15) is 38.2 Å². The van der Waals surface area contributed by atoms with Gasteiger partial charge in [-0.2, -0.15) is 0 Å². The van der Waals surface area contributed by atoms with Crippen LogP contribution in [-0.4, -0.2) is 19.1 Å². The van der Waals surface area contributed by atoms with Crippen molar-refractivity contribution >= 4 is 5.97 Å². The molecule has 0 unspecified atom stereocenters. The van der Waals surface area contributed by atoms with E-state index in [0.717, 1.165) is 31.9 Å². The van der Waals surface area contributed by atoms with Crippen molar-refractivity contribution in [3.8, 4) is 0 Å². The molecule has 0 saturated heterocycles. The van der Waals surface area contributed by atoms with Crippen LogP contribution in [-0.2, 0) is 16.1 Å². The molecule has 0 fully saturated rings. The molecule has 0 aliphatic heterocycles. The lowest BCUT2D eigenvalue weighted by Crippen LogP contribution is -2.15. The van der Waals surface area contributed by atoms with Crippen LogP contribution in [0.15, 0.2) is 18.2 Å². The van der Waals surface area contributed by atoms with E-state index in [4.69, 9.17) is 4.74 Å². The van der Waals surface area contributed by atoms with Crippen LogP contribution in [0.5, 0.6) is 0 Å². The third kappa shape index (κ3) is 6.61. The Morgan fingerprint density at radius 1 is 1.25 bits per heavy atom. The van der Waals surface area contributed by atoms with Gasteiger partial charge in [0.1, 0.15) is 11.6 Å². The quantitative estimate of drug-likeness (QED) is 0.559. The highest BCUT2D eigenvalue weighted by Gasteiger charge is 2.03. The Balaban J connectivity index is 2.06. The van der Waals surface area contributed by atoms with E-state index >= 15 is 0 Å². The van der Waals surface area contributed by atoms with E-state index in [1.807, 2.05) is 0 Å². The van der Waals surface area contributed by atoms with E-state index in [9.17, 15) is 13.6 Å². The van der Waals surface area contributed by atoms with Crippen molar-refractivity contribution < 1.29 is 18.3 Å². The first-order chi connectivity index (χ1) is 9.63. The Hall–Kier alpha value is -1.49. The lowest BCUT2D eigenvalue weighted by molar-refractivity contribution is -0.143. The summed E-state index contributed by atoms with van der Waals surface area (Å²) in [6.07, 6.45) is 3.06. The summed E-state index contributed by atoms with van der Waals surface area (Å²) in [6, 6.07) is 3.58. The van der Waals surface area contributed by atoms with E-state index in [2.05, 4.69) is 5.32 Å². The van der Waals surface area contributed by atoms with Gasteiger partial charge in [-0.05, 0) is 32.4 Å². The van der Waals surface area contributed by atoms with Gasteiger partial charge >= 0.3 is 5.97 Å². The second kappa shape index (κ2) is 9.42. The van der Waals surface area contributed by atoms with Crippen molar-refractivity contribution in [1.82, 2.24) is 5.32 Å². The predicted octanol–water partition coefficient (Wildman–Crippen LogP) is 3.18. The van der Waals surface area contributed by atoms with Gasteiger partial charge in [-0.15, -0.1) is 0 Å². The van der Waals surface area contributed by atoms with Gasteiger partial charge in [-0.25, -0.2) is 8.78 Å². The average Bonchev–Trinajstić information content (AvgIpc) is 2.40. The van der Waals surface area contributed by atoms with Gasteiger partial charge in [0.05, 0.1) is 6.61 Å². The Morgan fingerprint density at radius 2 is 2.05 bits per heavy atom. The zero-order valence-electron chi connectivity index (χ0n) is 11.8. The maximum Gasteiger partial charge on any atom is 0.305 e. The molecule has 0 aromatic heterocycles. The van der Waals surface area contributed by atoms with Crippen LogP contribution < -0.4 is 5.32 Å². The molecule has 0 aliphatic carbocycles. The van der Waals surface area contributed by atoms with E-state index in [1.165, 1.54) is 12.1 Å². The van der Waals surface area contributed by atoms with E-state index in [-0.39, 0.29) is 5.97 Å². The molecule has 20 heavy (non-hydrogen) atoms. The first-order valence-electron chi connectivity index (χ1n) is 6.93. The minimum atomic E-state index is -0.565. The highest BCUT2D eigenvalue weighted by atomic mass is 19.1. The molecule has 0 bridgehead atoms. The number of esters is 1. The highest BCUT2D eigenvalue weighted by Crippen LogP contribution is 2.09. The molecule has 0 saturated carbocycles. The zero-order valence-corrected chi connectivity index (χ0v) is 11.8. The van der Waals surface area contributed by atoms with Crippen molar-refractivity contribution in [2.45, 2.75) is 39.2 Å². The summed E-state index contributed by atoms with van der Waals surface area (Å²) >= 11 is 0. The van der Waals surface area contributed by atoms with Crippen molar-refractivity contribution in [2.75, 3.05) is 13.2 Å². The maximum atomic E-state index is 13.3. The third-order valence-corrected chi connectivity index (χ3v) is 2.87. The van der Waals surface area contributed by atoms with Gasteiger partial charge in [0.25, 0.3) is 0 Å². The van der Waals surface area contributed by atoms with Crippen molar-refractivity contribution in [2.24, 2.45) is 0 Å². The number of rotatable bonds is 9. The summed E-state index contributed by atoms with van der Waals surface area (Å²) < 4.78 is 30.8. The number of carbonyl (C=O) groups excluding carboxylic acids is 1. The van der Waals surface area contributed by atoms with Crippen LogP contribution in [0.4, 0.5) is 8.78 Å². The summed E-state index contributed by atoms with van der Waals surface area (Å²) in [7, 11) is 0. The number of nitrogens with one attached hydrogen (secondary N) is 1. The molecule has 3 nitrogen and oxygen atoms in total. The fourth-order valence-electron chi connectivity index (χ4n) is 1.82. The standard InChI is InChI=1S/C15H21F2NO2/c1-2-20-15(19)6-4-3-5-9-18-11-12-7-8-13(16)10-14(12)17/h7-8,10,18H,2-6,9,11H2,1H3. The lowest BCUT2D eigenvalue weighted by Gasteiger charge is -2.06. The summed E-state index contributed by atoms with van der Waals surface area (Å²) in [5.41, 5.74) is 0.456. The largest absolute Gasteiger partial charge is 0.466 e. The number of hydrogen-bond donors (Lipinski definition) is 1. The van der Waals surface area contributed by atoms with Crippen LogP contribution in [0.25, 0.3) is 0 Å². The zero-order chi connectivity index (χ0) is 14.8. The van der Waals surface area contributed by atoms with Crippen LogP contribution in [0, 0.1) is 11.6 Å². The van der Waals surface area contributed by atoms with Gasteiger partial charge in [-0.1, -0.05) is 12.5 Å². The molecule has 0 heterocycles. The Morgan fingerprint density at radius 3 is 2.75 bits per heavy atom. The first kappa shape index (κ1) is 16.6. The predicted molar refractivity (Wildman–Crippen MR) is 73.2 cm³/mol. The molecule has 1 aromatic carbocycles. The number of benzene rings is 1. The van der Waals surface area contributed by atoms with Gasteiger partial charge in [0.15, 0.2) is 0 Å². The van der Waals surface area contributed by atoms with Gasteiger partial charge in [0, 0.05) is 24.6 Å². The summed E-state index contributed by atoms with van der Waals surface area (Å²) in [5, 5.41) is 3.10. The Bertz CT molecular complexity index is 424. The van der Waals surface area contributed by atoms with Crippen LogP contribution in [0.3, 0.4) is 0 Å². The Labute approximate surface area is 118 Å². The normalized spacial score (nSPS) is 10.6. The fraction of sp³-hybridized carbons (Fsp3) is 0.533. The number of halogens is 2. The molecule has 1 N–H and O–H groups in total. The smallest absolute Gasteiger partial charge is 0.305 e. The average molecular weight is 285 g/mol. The number of hydrogen-bond acceptors (Lipinski definition) is 3. The second-order valence-corrected chi connectivity index (χ2v) is 4.53. The molecule has 5 heteroatoms. The van der Waals surface area contributed by atoms with E-state index in [0.29, 0.717) is 25.1 Å². The fourth-order valence-corrected chi connectivity index (χ4v) is 1.82. The summed E-state index contributed by atoms with van der Waals surface area (Å²) in [5.74, 6) is -1.25. The SMILES string of the molecule is CCOC(=O)CCCCCNCc1ccc(F)cc1F. The number of ether oxygens (including phenoxy) is 1. The van der Waals surface area contributed by atoms with E-state index in [1.54, 1.807) is 6.92 Å². The molecule has 0 amide bonds. The first-order valence-corrected chi connectivity index (χ1v) is 6.93. The number of unbranched alkanes of at least 4 members (excludes halogenated alkanes) is 2. The second-order valence-electron chi connectivity index (χ2n) is 4.53. The molecule has 0 spiro atoms. The van der Waals surface area contributed by atoms with Gasteiger partial charge in [-0.3, -0.25) is 4.79 Å². The molecular formula is C15H21F2NO2. The van der Waals surface area contributed by atoms with E-state index < -0.39 is 11.6 Å². The molecule has 0 atom stereocenters. The maximum absolute atomic E-state index is 13.3.